The Labute approximate surface area is 121 Å². The number of carbonyl (C=O) groups excluding carboxylic acids is 1. The first-order chi connectivity index (χ1) is 9.61. The molecule has 0 aliphatic carbocycles. The van der Waals surface area contributed by atoms with Gasteiger partial charge in [0, 0.05) is 5.92 Å². The molecule has 6 heteroatoms. The fourth-order valence-corrected chi connectivity index (χ4v) is 1.58. The van der Waals surface area contributed by atoms with Gasteiger partial charge in [-0.15, -0.1) is 0 Å². The van der Waals surface area contributed by atoms with E-state index in [0.717, 1.165) is 12.1 Å². The van der Waals surface area contributed by atoms with E-state index in [1.54, 1.807) is 27.7 Å². The van der Waals surface area contributed by atoms with E-state index < -0.39 is 17.7 Å². The van der Waals surface area contributed by atoms with E-state index in [1.165, 1.54) is 12.1 Å². The van der Waals surface area contributed by atoms with Crippen LogP contribution < -0.4 is 0 Å². The van der Waals surface area contributed by atoms with Crippen LogP contribution in [0.4, 0.5) is 18.9 Å². The van der Waals surface area contributed by atoms with Gasteiger partial charge in [0.15, 0.2) is 0 Å². The summed E-state index contributed by atoms with van der Waals surface area (Å²) in [4.78, 5) is 15.9. The predicted molar refractivity (Wildman–Crippen MR) is 74.6 cm³/mol. The summed E-state index contributed by atoms with van der Waals surface area (Å²) in [7, 11) is 0. The summed E-state index contributed by atoms with van der Waals surface area (Å²) in [5.41, 5.74) is -0.624. The van der Waals surface area contributed by atoms with Crippen molar-refractivity contribution in [2.75, 3.05) is 0 Å². The zero-order valence-corrected chi connectivity index (χ0v) is 12.4. The standard InChI is InChI=1S/C15H18F3NO2/c1-9(2)13(14(20)21-10(3)4)19-12-7-5-6-11(8-12)15(16,17)18/h5-10H,1-4H3. The predicted octanol–water partition coefficient (Wildman–Crippen LogP) is 4.39. The summed E-state index contributed by atoms with van der Waals surface area (Å²) >= 11 is 0. The maximum Gasteiger partial charge on any atom is 0.416 e. The van der Waals surface area contributed by atoms with Gasteiger partial charge in [0.2, 0.25) is 0 Å². The third-order valence-electron chi connectivity index (χ3n) is 2.52. The number of halogens is 3. The molecular formula is C15H18F3NO2. The second-order valence-corrected chi connectivity index (χ2v) is 5.15. The van der Waals surface area contributed by atoms with E-state index in [2.05, 4.69) is 4.99 Å². The summed E-state index contributed by atoms with van der Waals surface area (Å²) in [6.07, 6.45) is -4.76. The van der Waals surface area contributed by atoms with Crippen LogP contribution in [0.5, 0.6) is 0 Å². The number of esters is 1. The summed E-state index contributed by atoms with van der Waals surface area (Å²) in [6.45, 7) is 6.85. The van der Waals surface area contributed by atoms with E-state index in [-0.39, 0.29) is 23.4 Å². The highest BCUT2D eigenvalue weighted by Gasteiger charge is 2.30. The molecule has 1 aromatic rings. The van der Waals surface area contributed by atoms with Crippen molar-refractivity contribution in [2.45, 2.75) is 40.0 Å². The van der Waals surface area contributed by atoms with E-state index in [9.17, 15) is 18.0 Å². The van der Waals surface area contributed by atoms with Crippen LogP contribution in [0.25, 0.3) is 0 Å². The van der Waals surface area contributed by atoms with Gasteiger partial charge < -0.3 is 4.74 Å². The maximum absolute atomic E-state index is 12.7. The molecule has 0 radical (unpaired) electrons. The average molecular weight is 301 g/mol. The first-order valence-corrected chi connectivity index (χ1v) is 6.58. The van der Waals surface area contributed by atoms with Gasteiger partial charge in [-0.3, -0.25) is 0 Å². The Balaban J connectivity index is 3.15. The summed E-state index contributed by atoms with van der Waals surface area (Å²) in [6, 6.07) is 4.54. The third kappa shape index (κ3) is 5.21. The minimum Gasteiger partial charge on any atom is -0.458 e. The molecule has 0 atom stereocenters. The van der Waals surface area contributed by atoms with Crippen molar-refractivity contribution in [1.29, 1.82) is 0 Å². The van der Waals surface area contributed by atoms with Gasteiger partial charge >= 0.3 is 12.1 Å². The largest absolute Gasteiger partial charge is 0.458 e. The lowest BCUT2D eigenvalue weighted by atomic mass is 10.1. The monoisotopic (exact) mass is 301 g/mol. The average Bonchev–Trinajstić information content (AvgIpc) is 2.34. The molecule has 0 bridgehead atoms. The van der Waals surface area contributed by atoms with Crippen LogP contribution in [0.15, 0.2) is 29.3 Å². The molecule has 0 aliphatic heterocycles. The number of nitrogens with zero attached hydrogens (tertiary/aromatic N) is 1. The molecule has 3 nitrogen and oxygen atoms in total. The smallest absolute Gasteiger partial charge is 0.416 e. The van der Waals surface area contributed by atoms with Crippen LogP contribution in [-0.4, -0.2) is 17.8 Å². The summed E-state index contributed by atoms with van der Waals surface area (Å²) in [5.74, 6) is -0.872. The Morgan fingerprint density at radius 3 is 2.29 bits per heavy atom. The summed E-state index contributed by atoms with van der Waals surface area (Å²) in [5, 5.41) is 0. The normalized spacial score (nSPS) is 12.9. The van der Waals surface area contributed by atoms with E-state index in [4.69, 9.17) is 4.74 Å². The number of hydrogen-bond donors (Lipinski definition) is 0. The van der Waals surface area contributed by atoms with Gasteiger partial charge in [-0.1, -0.05) is 19.9 Å². The first-order valence-electron chi connectivity index (χ1n) is 6.58. The number of rotatable bonds is 4. The van der Waals surface area contributed by atoms with Crippen LogP contribution in [0.1, 0.15) is 33.3 Å². The van der Waals surface area contributed by atoms with Gasteiger partial charge in [0.25, 0.3) is 0 Å². The topological polar surface area (TPSA) is 38.7 Å². The zero-order valence-electron chi connectivity index (χ0n) is 12.4. The first kappa shape index (κ1) is 17.2. The van der Waals surface area contributed by atoms with E-state index in [0.29, 0.717) is 0 Å². The molecule has 0 fully saturated rings. The van der Waals surface area contributed by atoms with Crippen molar-refractivity contribution in [2.24, 2.45) is 10.9 Å². The van der Waals surface area contributed by atoms with Gasteiger partial charge in [-0.25, -0.2) is 9.79 Å². The lowest BCUT2D eigenvalue weighted by molar-refractivity contribution is -0.139. The highest BCUT2D eigenvalue weighted by atomic mass is 19.4. The molecule has 0 saturated carbocycles. The molecule has 1 rings (SSSR count). The van der Waals surface area contributed by atoms with Crippen molar-refractivity contribution >= 4 is 17.4 Å². The number of ether oxygens (including phenoxy) is 1. The van der Waals surface area contributed by atoms with Crippen molar-refractivity contribution in [3.8, 4) is 0 Å². The molecule has 21 heavy (non-hydrogen) atoms. The van der Waals surface area contributed by atoms with Crippen molar-refractivity contribution in [3.63, 3.8) is 0 Å². The Bertz CT molecular complexity index is 534. The summed E-state index contributed by atoms with van der Waals surface area (Å²) < 4.78 is 43.0. The van der Waals surface area contributed by atoms with Crippen molar-refractivity contribution < 1.29 is 22.7 Å². The van der Waals surface area contributed by atoms with Crippen LogP contribution in [0.3, 0.4) is 0 Å². The zero-order chi connectivity index (χ0) is 16.2. The van der Waals surface area contributed by atoms with Crippen LogP contribution in [-0.2, 0) is 15.7 Å². The third-order valence-corrected chi connectivity index (χ3v) is 2.52. The molecule has 0 aromatic heterocycles. The lowest BCUT2D eigenvalue weighted by Crippen LogP contribution is -2.25. The minimum absolute atomic E-state index is 0.0780. The van der Waals surface area contributed by atoms with Gasteiger partial charge in [0.1, 0.15) is 5.71 Å². The highest BCUT2D eigenvalue weighted by molar-refractivity contribution is 6.37. The molecule has 1 aromatic carbocycles. The number of carbonyl (C=O) groups is 1. The lowest BCUT2D eigenvalue weighted by Gasteiger charge is -2.13. The Morgan fingerprint density at radius 2 is 1.81 bits per heavy atom. The molecule has 0 amide bonds. The van der Waals surface area contributed by atoms with Crippen molar-refractivity contribution in [3.05, 3.63) is 29.8 Å². The second kappa shape index (κ2) is 6.74. The maximum atomic E-state index is 12.7. The molecule has 0 heterocycles. The SMILES string of the molecule is CC(C)OC(=O)C(=Nc1cccc(C(F)(F)F)c1)C(C)C. The van der Waals surface area contributed by atoms with Gasteiger partial charge in [-0.2, -0.15) is 13.2 Å². The Morgan fingerprint density at radius 1 is 1.19 bits per heavy atom. The Hall–Kier alpha value is -1.85. The molecule has 0 saturated heterocycles. The number of alkyl halides is 3. The fourth-order valence-electron chi connectivity index (χ4n) is 1.58. The van der Waals surface area contributed by atoms with Crippen LogP contribution in [0.2, 0.25) is 0 Å². The minimum atomic E-state index is -4.44. The van der Waals surface area contributed by atoms with E-state index >= 15 is 0 Å². The highest BCUT2D eigenvalue weighted by Crippen LogP contribution is 2.31. The van der Waals surface area contributed by atoms with Crippen LogP contribution in [0, 0.1) is 5.92 Å². The van der Waals surface area contributed by atoms with Gasteiger partial charge in [0.05, 0.1) is 17.4 Å². The molecule has 0 spiro atoms. The van der Waals surface area contributed by atoms with Gasteiger partial charge in [-0.05, 0) is 32.0 Å². The fraction of sp³-hybridized carbons (Fsp3) is 0.467. The quantitative estimate of drug-likeness (QED) is 0.611. The molecular weight excluding hydrogens is 283 g/mol. The molecule has 0 unspecified atom stereocenters. The number of aliphatic imine (C=N–C) groups is 1. The molecule has 116 valence electrons. The van der Waals surface area contributed by atoms with Crippen LogP contribution >= 0.6 is 0 Å². The number of benzene rings is 1. The van der Waals surface area contributed by atoms with Crippen molar-refractivity contribution in [1.82, 2.24) is 0 Å². The molecule has 0 N–H and O–H groups in total. The molecule has 0 aliphatic rings. The van der Waals surface area contributed by atoms with E-state index in [1.807, 2.05) is 0 Å². The Kier molecular flexibility index (Phi) is 5.52. The second-order valence-electron chi connectivity index (χ2n) is 5.15. The number of hydrogen-bond acceptors (Lipinski definition) is 3.